The first-order valence-corrected chi connectivity index (χ1v) is 13.4. The molecule has 0 bridgehead atoms. The number of imidazole rings is 1. The minimum atomic E-state index is 0.0453. The lowest BCUT2D eigenvalue weighted by Gasteiger charge is -2.59. The van der Waals surface area contributed by atoms with Gasteiger partial charge in [0.25, 0.3) is 0 Å². The monoisotopic (exact) mass is 474 g/mol. The molecule has 1 aromatic heterocycles. The average molecular weight is 475 g/mol. The molecule has 2 N–H and O–H groups in total. The third-order valence-electron chi connectivity index (χ3n) is 10.5. The lowest BCUT2D eigenvalue weighted by molar-refractivity contribution is -0.138. The summed E-state index contributed by atoms with van der Waals surface area (Å²) in [5.41, 5.74) is 4.77. The van der Waals surface area contributed by atoms with Gasteiger partial charge < -0.3 is 15.2 Å². The van der Waals surface area contributed by atoms with Crippen LogP contribution < -0.4 is 5.32 Å². The molecule has 2 heterocycles. The maximum atomic E-state index is 13.5. The third-order valence-corrected chi connectivity index (χ3v) is 10.5. The van der Waals surface area contributed by atoms with Crippen molar-refractivity contribution in [3.05, 3.63) is 41.4 Å². The van der Waals surface area contributed by atoms with E-state index in [1.807, 2.05) is 36.2 Å². The Kier molecular flexibility index (Phi) is 5.17. The van der Waals surface area contributed by atoms with Crippen molar-refractivity contribution < 1.29 is 9.59 Å². The fraction of sp³-hybridized carbons (Fsp3) is 0.621. The van der Waals surface area contributed by atoms with Gasteiger partial charge in [-0.2, -0.15) is 0 Å². The van der Waals surface area contributed by atoms with Crippen LogP contribution in [0.15, 0.2) is 35.5 Å². The van der Waals surface area contributed by atoms with Crippen molar-refractivity contribution in [2.75, 3.05) is 7.05 Å². The number of carbonyl (C=O) groups is 2. The van der Waals surface area contributed by atoms with E-state index < -0.39 is 0 Å². The average Bonchev–Trinajstić information content (AvgIpc) is 3.40. The maximum absolute atomic E-state index is 13.5. The molecule has 0 radical (unpaired) electrons. The first-order chi connectivity index (χ1) is 16.7. The van der Waals surface area contributed by atoms with Crippen molar-refractivity contribution in [2.45, 2.75) is 72.3 Å². The van der Waals surface area contributed by atoms with Crippen LogP contribution in [0.5, 0.6) is 0 Å². The minimum Gasteiger partial charge on any atom is -0.349 e. The number of aromatic amines is 1. The highest BCUT2D eigenvalue weighted by Gasteiger charge is 2.61. The molecule has 6 nitrogen and oxygen atoms in total. The first-order valence-electron chi connectivity index (χ1n) is 13.4. The van der Waals surface area contributed by atoms with Crippen LogP contribution in [0, 0.1) is 34.5 Å². The van der Waals surface area contributed by atoms with Crippen LogP contribution in [-0.4, -0.2) is 33.7 Å². The summed E-state index contributed by atoms with van der Waals surface area (Å²) in [6.07, 6.45) is 7.05. The van der Waals surface area contributed by atoms with Crippen molar-refractivity contribution in [3.8, 4) is 0 Å². The minimum absolute atomic E-state index is 0.0453. The number of amides is 2. The van der Waals surface area contributed by atoms with E-state index >= 15 is 0 Å². The Morgan fingerprint density at radius 1 is 1.17 bits per heavy atom. The van der Waals surface area contributed by atoms with E-state index in [0.29, 0.717) is 30.7 Å². The predicted molar refractivity (Wildman–Crippen MR) is 136 cm³/mol. The SMILES string of the molecule is CC1=C2N(C)C(=O)CCC2(C)C2CC[C@@]3(C)C(C(=O)NCc4nc5ccccc5[nH]4)CCC3C2C1. The number of allylic oxidation sites excluding steroid dienone is 2. The Bertz CT molecular complexity index is 1200. The molecule has 3 fully saturated rings. The molecule has 4 aliphatic rings. The fourth-order valence-corrected chi connectivity index (χ4v) is 8.92. The topological polar surface area (TPSA) is 78.1 Å². The Labute approximate surface area is 207 Å². The molecular formula is C29H38N4O2. The van der Waals surface area contributed by atoms with Crippen LogP contribution in [0.3, 0.4) is 0 Å². The normalized spacial score (nSPS) is 36.7. The fourth-order valence-electron chi connectivity index (χ4n) is 8.92. The lowest BCUT2D eigenvalue weighted by atomic mass is 9.48. The van der Waals surface area contributed by atoms with Gasteiger partial charge in [0.2, 0.25) is 11.8 Å². The Hall–Kier alpha value is -2.63. The molecule has 35 heavy (non-hydrogen) atoms. The number of para-hydroxylation sites is 2. The second-order valence-electron chi connectivity index (χ2n) is 12.2. The van der Waals surface area contributed by atoms with Gasteiger partial charge in [0.15, 0.2) is 0 Å². The van der Waals surface area contributed by atoms with Gasteiger partial charge in [-0.3, -0.25) is 9.59 Å². The number of rotatable bonds is 3. The highest BCUT2D eigenvalue weighted by Crippen LogP contribution is 2.66. The van der Waals surface area contributed by atoms with Crippen LogP contribution in [0.4, 0.5) is 0 Å². The third kappa shape index (κ3) is 3.31. The van der Waals surface area contributed by atoms with Gasteiger partial charge in [0.05, 0.1) is 17.6 Å². The van der Waals surface area contributed by atoms with Gasteiger partial charge >= 0.3 is 0 Å². The van der Waals surface area contributed by atoms with Crippen molar-refractivity contribution in [2.24, 2.45) is 34.5 Å². The van der Waals surface area contributed by atoms with Crippen LogP contribution in [0.1, 0.15) is 71.5 Å². The summed E-state index contributed by atoms with van der Waals surface area (Å²) in [5.74, 6) is 3.10. The molecule has 2 amide bonds. The zero-order valence-electron chi connectivity index (χ0n) is 21.5. The van der Waals surface area contributed by atoms with Gasteiger partial charge in [0, 0.05) is 30.5 Å². The molecule has 186 valence electrons. The van der Waals surface area contributed by atoms with Crippen LogP contribution >= 0.6 is 0 Å². The number of H-pyrrole nitrogens is 1. The van der Waals surface area contributed by atoms with E-state index in [1.54, 1.807) is 0 Å². The lowest BCUT2D eigenvalue weighted by Crippen LogP contribution is -2.55. The van der Waals surface area contributed by atoms with Crippen LogP contribution in [0.25, 0.3) is 11.0 Å². The smallest absolute Gasteiger partial charge is 0.226 e. The molecule has 1 aromatic carbocycles. The Morgan fingerprint density at radius 2 is 1.97 bits per heavy atom. The molecule has 2 saturated carbocycles. The summed E-state index contributed by atoms with van der Waals surface area (Å²) in [7, 11) is 1.98. The summed E-state index contributed by atoms with van der Waals surface area (Å²) >= 11 is 0. The second kappa shape index (κ2) is 7.94. The van der Waals surface area contributed by atoms with E-state index in [-0.39, 0.29) is 28.6 Å². The maximum Gasteiger partial charge on any atom is 0.226 e. The quantitative estimate of drug-likeness (QED) is 0.644. The highest BCUT2D eigenvalue weighted by atomic mass is 16.2. The number of fused-ring (bicyclic) bond motifs is 6. The van der Waals surface area contributed by atoms with Crippen molar-refractivity contribution in [3.63, 3.8) is 0 Å². The van der Waals surface area contributed by atoms with Crippen molar-refractivity contribution >= 4 is 22.8 Å². The van der Waals surface area contributed by atoms with Crippen LogP contribution in [-0.2, 0) is 16.1 Å². The number of hydrogen-bond donors (Lipinski definition) is 2. The zero-order valence-corrected chi connectivity index (χ0v) is 21.5. The van der Waals surface area contributed by atoms with Crippen molar-refractivity contribution in [1.82, 2.24) is 20.2 Å². The number of nitrogens with one attached hydrogen (secondary N) is 2. The number of benzene rings is 1. The standard InChI is InChI=1S/C29H38N4O2/c1-17-15-18-19-9-10-21(27(35)30-16-24-31-22-7-5-6-8-23(22)32-24)28(19,2)13-11-20(18)29(3)14-12-25(34)33(4)26(17)29/h5-8,18-21H,9-16H2,1-4H3,(H,30,35)(H,31,32)/t18?,19?,20?,21?,28-,29?/m1/s1. The van der Waals surface area contributed by atoms with E-state index in [1.165, 1.54) is 11.3 Å². The molecule has 5 unspecified atom stereocenters. The molecule has 6 atom stereocenters. The molecule has 6 heteroatoms. The van der Waals surface area contributed by atoms with E-state index in [2.05, 4.69) is 36.1 Å². The summed E-state index contributed by atoms with van der Waals surface area (Å²) in [5, 5.41) is 3.22. The Balaban J connectivity index is 1.21. The zero-order chi connectivity index (χ0) is 24.5. The van der Waals surface area contributed by atoms with Crippen LogP contribution in [0.2, 0.25) is 0 Å². The van der Waals surface area contributed by atoms with Gasteiger partial charge in [-0.15, -0.1) is 0 Å². The van der Waals surface area contributed by atoms with Crippen molar-refractivity contribution in [1.29, 1.82) is 0 Å². The predicted octanol–water partition coefficient (Wildman–Crippen LogP) is 5.17. The number of aromatic nitrogens is 2. The molecule has 0 spiro atoms. The molecular weight excluding hydrogens is 436 g/mol. The number of nitrogens with zero attached hydrogens (tertiary/aromatic N) is 2. The van der Waals surface area contributed by atoms with Gasteiger partial charge in [-0.05, 0) is 80.8 Å². The first kappa shape index (κ1) is 22.8. The van der Waals surface area contributed by atoms with Gasteiger partial charge in [-0.25, -0.2) is 4.98 Å². The summed E-state index contributed by atoms with van der Waals surface area (Å²) in [4.78, 5) is 35.9. The van der Waals surface area contributed by atoms with Gasteiger partial charge in [-0.1, -0.05) is 31.6 Å². The summed E-state index contributed by atoms with van der Waals surface area (Å²) < 4.78 is 0. The molecule has 1 saturated heterocycles. The van der Waals surface area contributed by atoms with Gasteiger partial charge in [0.1, 0.15) is 5.82 Å². The highest BCUT2D eigenvalue weighted by molar-refractivity contribution is 5.81. The van der Waals surface area contributed by atoms with E-state index in [4.69, 9.17) is 0 Å². The Morgan fingerprint density at radius 3 is 2.77 bits per heavy atom. The molecule has 1 aliphatic heterocycles. The molecule has 2 aromatic rings. The molecule has 6 rings (SSSR count). The summed E-state index contributed by atoms with van der Waals surface area (Å²) in [6.45, 7) is 7.50. The van der Waals surface area contributed by atoms with E-state index in [0.717, 1.165) is 55.4 Å². The number of carbonyl (C=O) groups excluding carboxylic acids is 2. The van der Waals surface area contributed by atoms with E-state index in [9.17, 15) is 9.59 Å². The largest absolute Gasteiger partial charge is 0.349 e. The number of piperidine rings is 1. The second-order valence-corrected chi connectivity index (χ2v) is 12.2. The molecule has 3 aliphatic carbocycles. The number of likely N-dealkylation sites (tertiary alicyclic amines) is 1. The number of hydrogen-bond acceptors (Lipinski definition) is 3. The summed E-state index contributed by atoms with van der Waals surface area (Å²) in [6, 6.07) is 7.98.